The first-order valence-electron chi connectivity index (χ1n) is 6.62. The van der Waals surface area contributed by atoms with Crippen LogP contribution in [-0.2, 0) is 17.8 Å². The summed E-state index contributed by atoms with van der Waals surface area (Å²) in [6.45, 7) is 3.23. The number of hydrogen-bond donors (Lipinski definition) is 1. The number of rotatable bonds is 5. The van der Waals surface area contributed by atoms with Crippen molar-refractivity contribution in [3.8, 4) is 0 Å². The zero-order valence-electron chi connectivity index (χ0n) is 11.8. The summed E-state index contributed by atoms with van der Waals surface area (Å²) in [6, 6.07) is 5.04. The second-order valence-electron chi connectivity index (χ2n) is 4.61. The van der Waals surface area contributed by atoms with E-state index in [1.807, 2.05) is 6.92 Å². The molecule has 0 aliphatic rings. The highest BCUT2D eigenvalue weighted by Crippen LogP contribution is 2.12. The van der Waals surface area contributed by atoms with Crippen molar-refractivity contribution in [3.05, 3.63) is 39.0 Å². The molecule has 0 amide bonds. The molecule has 1 heterocycles. The van der Waals surface area contributed by atoms with Gasteiger partial charge in [-0.25, -0.2) is 4.79 Å². The predicted octanol–water partition coefficient (Wildman–Crippen LogP) is 0.802. The highest BCUT2D eigenvalue weighted by atomic mass is 16.5. The number of benzene rings is 1. The number of nitrogens with zero attached hydrogens (tertiary/aromatic N) is 2. The molecule has 0 fully saturated rings. The van der Waals surface area contributed by atoms with Gasteiger partial charge in [-0.3, -0.25) is 13.9 Å². The van der Waals surface area contributed by atoms with Gasteiger partial charge in [0.15, 0.2) is 0 Å². The number of nitrogen functional groups attached to an aromatic ring is 1. The van der Waals surface area contributed by atoms with Crippen molar-refractivity contribution in [1.29, 1.82) is 0 Å². The summed E-state index contributed by atoms with van der Waals surface area (Å²) in [5.41, 5.74) is 6.30. The minimum atomic E-state index is -0.293. The van der Waals surface area contributed by atoms with E-state index in [1.54, 1.807) is 29.9 Å². The first-order chi connectivity index (χ1) is 9.60. The average molecular weight is 277 g/mol. The van der Waals surface area contributed by atoms with Crippen molar-refractivity contribution >= 4 is 16.6 Å². The summed E-state index contributed by atoms with van der Waals surface area (Å²) in [4.78, 5) is 24.8. The summed E-state index contributed by atoms with van der Waals surface area (Å²) in [6.07, 6.45) is 0.614. The zero-order valence-corrected chi connectivity index (χ0v) is 11.8. The number of methoxy groups -OCH3 is 1. The molecule has 0 saturated carbocycles. The van der Waals surface area contributed by atoms with Crippen LogP contribution in [0.25, 0.3) is 10.9 Å². The van der Waals surface area contributed by atoms with Gasteiger partial charge in [0, 0.05) is 32.5 Å². The number of nitrogens with two attached hydrogens (primary N) is 1. The van der Waals surface area contributed by atoms with E-state index in [4.69, 9.17) is 10.5 Å². The SMILES string of the molecule is CCn1c(=O)n(CCCOC)c(=O)c2cc(N)ccc21. The molecule has 0 spiro atoms. The summed E-state index contributed by atoms with van der Waals surface area (Å²) in [5.74, 6) is 0. The van der Waals surface area contributed by atoms with Gasteiger partial charge in [-0.2, -0.15) is 0 Å². The molecule has 0 atom stereocenters. The highest BCUT2D eigenvalue weighted by Gasteiger charge is 2.12. The Bertz CT molecular complexity index is 731. The normalized spacial score (nSPS) is 11.1. The van der Waals surface area contributed by atoms with Crippen LogP contribution in [0.1, 0.15) is 13.3 Å². The van der Waals surface area contributed by atoms with Gasteiger partial charge in [0.05, 0.1) is 10.9 Å². The van der Waals surface area contributed by atoms with Crippen molar-refractivity contribution in [2.45, 2.75) is 26.4 Å². The smallest absolute Gasteiger partial charge is 0.331 e. The van der Waals surface area contributed by atoms with E-state index in [9.17, 15) is 9.59 Å². The van der Waals surface area contributed by atoms with Gasteiger partial charge in [0.1, 0.15) is 0 Å². The lowest BCUT2D eigenvalue weighted by atomic mass is 10.2. The fourth-order valence-corrected chi connectivity index (χ4v) is 2.31. The molecule has 1 aromatic carbocycles. The quantitative estimate of drug-likeness (QED) is 0.647. The lowest BCUT2D eigenvalue weighted by Crippen LogP contribution is -2.40. The molecule has 1 aromatic heterocycles. The Morgan fingerprint density at radius 3 is 2.65 bits per heavy atom. The minimum absolute atomic E-state index is 0.286. The van der Waals surface area contributed by atoms with E-state index in [1.165, 1.54) is 4.57 Å². The van der Waals surface area contributed by atoms with E-state index in [2.05, 4.69) is 0 Å². The van der Waals surface area contributed by atoms with Crippen LogP contribution in [0.2, 0.25) is 0 Å². The van der Waals surface area contributed by atoms with E-state index < -0.39 is 0 Å². The maximum Gasteiger partial charge on any atom is 0.331 e. The maximum atomic E-state index is 12.4. The van der Waals surface area contributed by atoms with Crippen LogP contribution in [-0.4, -0.2) is 22.9 Å². The number of aryl methyl sites for hydroxylation is 1. The third kappa shape index (κ3) is 2.46. The molecule has 0 unspecified atom stereocenters. The van der Waals surface area contributed by atoms with Crippen molar-refractivity contribution in [2.75, 3.05) is 19.5 Å². The Hall–Kier alpha value is -2.08. The Labute approximate surface area is 116 Å². The second-order valence-corrected chi connectivity index (χ2v) is 4.61. The molecule has 0 bridgehead atoms. The molecule has 0 aliphatic heterocycles. The van der Waals surface area contributed by atoms with Gasteiger partial charge in [-0.1, -0.05) is 0 Å². The van der Waals surface area contributed by atoms with Crippen LogP contribution in [0, 0.1) is 0 Å². The van der Waals surface area contributed by atoms with E-state index in [0.29, 0.717) is 42.7 Å². The summed E-state index contributed by atoms with van der Waals surface area (Å²) < 4.78 is 7.80. The van der Waals surface area contributed by atoms with Crippen LogP contribution in [0.5, 0.6) is 0 Å². The molecule has 2 rings (SSSR count). The molecular weight excluding hydrogens is 258 g/mol. The van der Waals surface area contributed by atoms with Crippen LogP contribution in [0.15, 0.2) is 27.8 Å². The third-order valence-corrected chi connectivity index (χ3v) is 3.30. The van der Waals surface area contributed by atoms with Crippen molar-refractivity contribution in [1.82, 2.24) is 9.13 Å². The van der Waals surface area contributed by atoms with Crippen LogP contribution in [0.4, 0.5) is 5.69 Å². The summed E-state index contributed by atoms with van der Waals surface area (Å²) in [7, 11) is 1.59. The zero-order chi connectivity index (χ0) is 14.7. The maximum absolute atomic E-state index is 12.4. The largest absolute Gasteiger partial charge is 0.399 e. The predicted molar refractivity (Wildman–Crippen MR) is 79.0 cm³/mol. The van der Waals surface area contributed by atoms with E-state index >= 15 is 0 Å². The van der Waals surface area contributed by atoms with Gasteiger partial charge in [0.2, 0.25) is 0 Å². The molecule has 6 heteroatoms. The number of anilines is 1. The molecule has 20 heavy (non-hydrogen) atoms. The highest BCUT2D eigenvalue weighted by molar-refractivity contribution is 5.81. The van der Waals surface area contributed by atoms with Gasteiger partial charge >= 0.3 is 5.69 Å². The number of ether oxygens (including phenoxy) is 1. The molecule has 2 aromatic rings. The second kappa shape index (κ2) is 5.92. The molecule has 108 valence electrons. The van der Waals surface area contributed by atoms with Gasteiger partial charge < -0.3 is 10.5 Å². The minimum Gasteiger partial charge on any atom is -0.399 e. The van der Waals surface area contributed by atoms with Crippen LogP contribution in [0.3, 0.4) is 0 Å². The molecule has 6 nitrogen and oxygen atoms in total. The Morgan fingerprint density at radius 1 is 1.25 bits per heavy atom. The topological polar surface area (TPSA) is 79.2 Å². The standard InChI is InChI=1S/C14H19N3O3/c1-3-16-12-6-5-10(15)9-11(12)13(18)17(14(16)19)7-4-8-20-2/h5-6,9H,3-4,7-8,15H2,1-2H3. The first kappa shape index (κ1) is 14.3. The number of hydrogen-bond acceptors (Lipinski definition) is 4. The molecular formula is C14H19N3O3. The van der Waals surface area contributed by atoms with Gasteiger partial charge in [-0.05, 0) is 31.5 Å². The van der Waals surface area contributed by atoms with Crippen LogP contribution >= 0.6 is 0 Å². The monoisotopic (exact) mass is 277 g/mol. The van der Waals surface area contributed by atoms with Gasteiger partial charge in [0.25, 0.3) is 5.56 Å². The van der Waals surface area contributed by atoms with Crippen molar-refractivity contribution < 1.29 is 4.74 Å². The van der Waals surface area contributed by atoms with Gasteiger partial charge in [-0.15, -0.1) is 0 Å². The molecule has 0 radical (unpaired) electrons. The molecule has 0 aliphatic carbocycles. The third-order valence-electron chi connectivity index (χ3n) is 3.30. The fourth-order valence-electron chi connectivity index (χ4n) is 2.31. The number of aromatic nitrogens is 2. The molecule has 0 saturated heterocycles. The van der Waals surface area contributed by atoms with Crippen molar-refractivity contribution in [3.63, 3.8) is 0 Å². The summed E-state index contributed by atoms with van der Waals surface area (Å²) >= 11 is 0. The lowest BCUT2D eigenvalue weighted by molar-refractivity contribution is 0.189. The average Bonchev–Trinajstić information content (AvgIpc) is 2.44. The lowest BCUT2D eigenvalue weighted by Gasteiger charge is -2.12. The first-order valence-corrected chi connectivity index (χ1v) is 6.62. The Morgan fingerprint density at radius 2 is 2.00 bits per heavy atom. The van der Waals surface area contributed by atoms with E-state index in [0.717, 1.165) is 0 Å². The number of fused-ring (bicyclic) bond motifs is 1. The molecule has 2 N–H and O–H groups in total. The fraction of sp³-hybridized carbons (Fsp3) is 0.429. The van der Waals surface area contributed by atoms with Crippen LogP contribution < -0.4 is 17.0 Å². The Kier molecular flexibility index (Phi) is 4.24. The van der Waals surface area contributed by atoms with E-state index in [-0.39, 0.29) is 11.2 Å². The summed E-state index contributed by atoms with van der Waals surface area (Å²) in [5, 5.41) is 0.476. The Balaban J connectivity index is 2.69. The van der Waals surface area contributed by atoms with Crippen molar-refractivity contribution in [2.24, 2.45) is 0 Å².